The maximum absolute atomic E-state index is 13.0. The van der Waals surface area contributed by atoms with Gasteiger partial charge in [-0.25, -0.2) is 12.8 Å². The Morgan fingerprint density at radius 3 is 2.63 bits per heavy atom. The highest BCUT2D eigenvalue weighted by molar-refractivity contribution is 7.92. The Hall–Kier alpha value is -2.41. The zero-order valence-corrected chi connectivity index (χ0v) is 16.1. The second-order valence-electron chi connectivity index (χ2n) is 6.69. The van der Waals surface area contributed by atoms with Crippen LogP contribution in [0.3, 0.4) is 0 Å². The molecular formula is C20H23FN2O3S. The van der Waals surface area contributed by atoms with Gasteiger partial charge in [0.1, 0.15) is 5.82 Å². The summed E-state index contributed by atoms with van der Waals surface area (Å²) in [6.45, 7) is 2.30. The van der Waals surface area contributed by atoms with E-state index >= 15 is 0 Å². The SMILES string of the molecule is CCCS(=O)(=O)N1CCCc2ccc(NC(=O)Cc3ccc(F)cc3)cc21. The number of anilines is 2. The minimum absolute atomic E-state index is 0.105. The topological polar surface area (TPSA) is 66.5 Å². The van der Waals surface area contributed by atoms with Crippen molar-refractivity contribution in [2.24, 2.45) is 0 Å². The van der Waals surface area contributed by atoms with Crippen LogP contribution >= 0.6 is 0 Å². The van der Waals surface area contributed by atoms with Crippen molar-refractivity contribution >= 4 is 27.3 Å². The van der Waals surface area contributed by atoms with Crippen LogP contribution in [0.4, 0.5) is 15.8 Å². The first-order valence-electron chi connectivity index (χ1n) is 9.06. The summed E-state index contributed by atoms with van der Waals surface area (Å²) in [7, 11) is -3.36. The molecule has 0 radical (unpaired) electrons. The number of benzene rings is 2. The van der Waals surface area contributed by atoms with Crippen LogP contribution in [0.2, 0.25) is 0 Å². The van der Waals surface area contributed by atoms with Gasteiger partial charge in [0.2, 0.25) is 15.9 Å². The predicted octanol–water partition coefficient (Wildman–Crippen LogP) is 3.50. The van der Waals surface area contributed by atoms with Crippen LogP contribution in [-0.4, -0.2) is 26.6 Å². The molecule has 1 N–H and O–H groups in total. The Morgan fingerprint density at radius 2 is 1.93 bits per heavy atom. The molecule has 0 aliphatic carbocycles. The fourth-order valence-electron chi connectivity index (χ4n) is 3.27. The third-order valence-corrected chi connectivity index (χ3v) is 6.50. The molecule has 0 spiro atoms. The average molecular weight is 390 g/mol. The van der Waals surface area contributed by atoms with Crippen LogP contribution in [0.15, 0.2) is 42.5 Å². The third kappa shape index (κ3) is 4.66. The number of hydrogen-bond donors (Lipinski definition) is 1. The van der Waals surface area contributed by atoms with E-state index in [4.69, 9.17) is 0 Å². The van der Waals surface area contributed by atoms with E-state index in [0.717, 1.165) is 18.4 Å². The van der Waals surface area contributed by atoms with Crippen molar-refractivity contribution in [3.63, 3.8) is 0 Å². The van der Waals surface area contributed by atoms with Crippen molar-refractivity contribution in [3.8, 4) is 0 Å². The second-order valence-corrected chi connectivity index (χ2v) is 8.70. The third-order valence-electron chi connectivity index (χ3n) is 4.52. The van der Waals surface area contributed by atoms with Crippen molar-refractivity contribution < 1.29 is 17.6 Å². The summed E-state index contributed by atoms with van der Waals surface area (Å²) in [5.41, 5.74) is 2.88. The number of sulfonamides is 1. The number of rotatable bonds is 6. The van der Waals surface area contributed by atoms with E-state index in [1.54, 1.807) is 24.3 Å². The van der Waals surface area contributed by atoms with Gasteiger partial charge >= 0.3 is 0 Å². The van der Waals surface area contributed by atoms with Crippen molar-refractivity contribution in [1.29, 1.82) is 0 Å². The molecule has 2 aromatic carbocycles. The molecule has 5 nitrogen and oxygen atoms in total. The van der Waals surface area contributed by atoms with Gasteiger partial charge in [-0.05, 0) is 54.7 Å². The van der Waals surface area contributed by atoms with Gasteiger partial charge < -0.3 is 5.32 Å². The van der Waals surface area contributed by atoms with Gasteiger partial charge in [-0.3, -0.25) is 9.10 Å². The van der Waals surface area contributed by atoms with Gasteiger partial charge in [0, 0.05) is 12.2 Å². The van der Waals surface area contributed by atoms with Crippen molar-refractivity contribution in [3.05, 3.63) is 59.4 Å². The first kappa shape index (κ1) is 19.4. The van der Waals surface area contributed by atoms with Crippen LogP contribution < -0.4 is 9.62 Å². The number of nitrogens with zero attached hydrogens (tertiary/aromatic N) is 1. The Kier molecular flexibility index (Phi) is 5.79. The van der Waals surface area contributed by atoms with Crippen molar-refractivity contribution in [1.82, 2.24) is 0 Å². The lowest BCUT2D eigenvalue weighted by atomic mass is 10.0. The fourth-order valence-corrected chi connectivity index (χ4v) is 4.88. The Labute approximate surface area is 159 Å². The number of aryl methyl sites for hydroxylation is 1. The molecule has 3 rings (SSSR count). The zero-order valence-electron chi connectivity index (χ0n) is 15.2. The summed E-state index contributed by atoms with van der Waals surface area (Å²) in [5.74, 6) is -0.476. The quantitative estimate of drug-likeness (QED) is 0.821. The summed E-state index contributed by atoms with van der Waals surface area (Å²) in [6.07, 6.45) is 2.28. The van der Waals surface area contributed by atoms with Gasteiger partial charge in [-0.2, -0.15) is 0 Å². The fraction of sp³-hybridized carbons (Fsp3) is 0.350. The lowest BCUT2D eigenvalue weighted by Crippen LogP contribution is -2.37. The molecule has 27 heavy (non-hydrogen) atoms. The van der Waals surface area contributed by atoms with E-state index in [1.165, 1.54) is 16.4 Å². The van der Waals surface area contributed by atoms with Crippen LogP contribution in [0.5, 0.6) is 0 Å². The van der Waals surface area contributed by atoms with Gasteiger partial charge in [0.25, 0.3) is 0 Å². The lowest BCUT2D eigenvalue weighted by molar-refractivity contribution is -0.115. The highest BCUT2D eigenvalue weighted by Crippen LogP contribution is 2.32. The average Bonchev–Trinajstić information content (AvgIpc) is 2.63. The largest absolute Gasteiger partial charge is 0.326 e. The molecule has 0 fully saturated rings. The molecule has 1 amide bonds. The van der Waals surface area contributed by atoms with Crippen LogP contribution in [-0.2, 0) is 27.7 Å². The number of nitrogens with one attached hydrogen (secondary N) is 1. The van der Waals surface area contributed by atoms with E-state index in [0.29, 0.717) is 29.9 Å². The number of carbonyl (C=O) groups is 1. The monoisotopic (exact) mass is 390 g/mol. The second kappa shape index (κ2) is 8.08. The van der Waals surface area contributed by atoms with E-state index in [-0.39, 0.29) is 23.9 Å². The minimum Gasteiger partial charge on any atom is -0.326 e. The molecule has 144 valence electrons. The predicted molar refractivity (Wildman–Crippen MR) is 105 cm³/mol. The van der Waals surface area contributed by atoms with Gasteiger partial charge in [0.05, 0.1) is 17.9 Å². The number of carbonyl (C=O) groups excluding carboxylic acids is 1. The highest BCUT2D eigenvalue weighted by Gasteiger charge is 2.27. The number of halogens is 1. The standard InChI is InChI=1S/C20H23FN2O3S/c1-2-12-27(25,26)23-11-3-4-16-7-10-18(14-19(16)23)22-20(24)13-15-5-8-17(21)9-6-15/h5-10,14H,2-4,11-13H2,1H3,(H,22,24). The molecule has 0 unspecified atom stereocenters. The number of hydrogen-bond acceptors (Lipinski definition) is 3. The summed E-state index contributed by atoms with van der Waals surface area (Å²) in [4.78, 5) is 12.3. The molecule has 1 aliphatic rings. The normalized spacial score (nSPS) is 13.9. The Bertz CT molecular complexity index is 927. The van der Waals surface area contributed by atoms with E-state index < -0.39 is 10.0 Å². The smallest absolute Gasteiger partial charge is 0.235 e. The van der Waals surface area contributed by atoms with E-state index in [2.05, 4.69) is 5.32 Å². The van der Waals surface area contributed by atoms with Crippen LogP contribution in [0.1, 0.15) is 30.9 Å². The maximum Gasteiger partial charge on any atom is 0.235 e. The molecule has 0 saturated heterocycles. The zero-order chi connectivity index (χ0) is 19.4. The summed E-state index contributed by atoms with van der Waals surface area (Å²) in [5, 5.41) is 2.80. The van der Waals surface area contributed by atoms with Crippen LogP contribution in [0, 0.1) is 5.82 Å². The molecule has 7 heteroatoms. The molecule has 0 saturated carbocycles. The summed E-state index contributed by atoms with van der Waals surface area (Å²) in [6, 6.07) is 11.2. The molecule has 0 aromatic heterocycles. The van der Waals surface area contributed by atoms with Gasteiger partial charge in [0.15, 0.2) is 0 Å². The first-order valence-corrected chi connectivity index (χ1v) is 10.7. The van der Waals surface area contributed by atoms with Crippen molar-refractivity contribution in [2.75, 3.05) is 21.9 Å². The first-order chi connectivity index (χ1) is 12.9. The molecule has 0 bridgehead atoms. The number of fused-ring (bicyclic) bond motifs is 1. The molecule has 2 aromatic rings. The van der Waals surface area contributed by atoms with E-state index in [9.17, 15) is 17.6 Å². The molecule has 1 aliphatic heterocycles. The highest BCUT2D eigenvalue weighted by atomic mass is 32.2. The van der Waals surface area contributed by atoms with Gasteiger partial charge in [-0.15, -0.1) is 0 Å². The Morgan fingerprint density at radius 1 is 1.19 bits per heavy atom. The number of amides is 1. The minimum atomic E-state index is -3.36. The lowest BCUT2D eigenvalue weighted by Gasteiger charge is -2.31. The van der Waals surface area contributed by atoms with E-state index in [1.807, 2.05) is 13.0 Å². The van der Waals surface area contributed by atoms with Crippen molar-refractivity contribution in [2.45, 2.75) is 32.6 Å². The molecular weight excluding hydrogens is 367 g/mol. The maximum atomic E-state index is 13.0. The van der Waals surface area contributed by atoms with Crippen LogP contribution in [0.25, 0.3) is 0 Å². The van der Waals surface area contributed by atoms with Gasteiger partial charge in [-0.1, -0.05) is 25.1 Å². The summed E-state index contributed by atoms with van der Waals surface area (Å²) < 4.78 is 39.5. The molecule has 0 atom stereocenters. The summed E-state index contributed by atoms with van der Waals surface area (Å²) >= 11 is 0. The molecule has 1 heterocycles. The Balaban J connectivity index is 1.78.